The van der Waals surface area contributed by atoms with E-state index in [1.54, 1.807) is 10.9 Å². The van der Waals surface area contributed by atoms with Crippen LogP contribution in [-0.4, -0.2) is 38.2 Å². The molecule has 2 aromatic rings. The van der Waals surface area contributed by atoms with Crippen LogP contribution in [0.4, 0.5) is 0 Å². The Hall–Kier alpha value is -2.04. The molecule has 0 radical (unpaired) electrons. The molecule has 0 spiro atoms. The lowest BCUT2D eigenvalue weighted by atomic mass is 10.2. The lowest BCUT2D eigenvalue weighted by molar-refractivity contribution is 0.0761. The molecule has 1 aliphatic heterocycles. The molecule has 106 valence electrons. The van der Waals surface area contributed by atoms with E-state index in [2.05, 4.69) is 5.10 Å². The quantitative estimate of drug-likeness (QED) is 0.841. The zero-order valence-corrected chi connectivity index (χ0v) is 11.8. The Bertz CT molecular complexity index is 577. The first-order valence-electron chi connectivity index (χ1n) is 7.22. The maximum absolute atomic E-state index is 12.7. The summed E-state index contributed by atoms with van der Waals surface area (Å²) in [5.41, 5.74) is 0.686. The summed E-state index contributed by atoms with van der Waals surface area (Å²) < 4.78 is 3.70. The molecule has 0 N–H and O–H groups in total. The fourth-order valence-corrected chi connectivity index (χ4v) is 2.81. The molecule has 3 heterocycles. The summed E-state index contributed by atoms with van der Waals surface area (Å²) in [7, 11) is 1.87. The van der Waals surface area contributed by atoms with Crippen molar-refractivity contribution >= 4 is 5.91 Å². The molecule has 2 aromatic heterocycles. The second kappa shape index (κ2) is 5.53. The third kappa shape index (κ3) is 2.35. The number of aryl methyl sites for hydroxylation is 1. The highest BCUT2D eigenvalue weighted by Gasteiger charge is 2.23. The standard InChI is InChI=1S/C15H20N4O/c1-17-14(18-8-6-7-9-18)13(12-16-17)15(20)19-10-4-2-3-5-11-19/h6-9,12H,2-5,10-11H2,1H3. The Morgan fingerprint density at radius 3 is 2.40 bits per heavy atom. The largest absolute Gasteiger partial charge is 0.338 e. The van der Waals surface area contributed by atoms with Gasteiger partial charge in [0.25, 0.3) is 5.91 Å². The summed E-state index contributed by atoms with van der Waals surface area (Å²) in [5, 5.41) is 4.26. The maximum atomic E-state index is 12.7. The van der Waals surface area contributed by atoms with Crippen LogP contribution in [0.1, 0.15) is 36.0 Å². The van der Waals surface area contributed by atoms with Crippen molar-refractivity contribution in [1.29, 1.82) is 0 Å². The van der Waals surface area contributed by atoms with Crippen LogP contribution in [0.5, 0.6) is 0 Å². The fraction of sp³-hybridized carbons (Fsp3) is 0.467. The van der Waals surface area contributed by atoms with Crippen molar-refractivity contribution in [3.8, 4) is 5.82 Å². The van der Waals surface area contributed by atoms with E-state index in [0.717, 1.165) is 31.7 Å². The summed E-state index contributed by atoms with van der Waals surface area (Å²) in [6, 6.07) is 3.90. The molecule has 0 bridgehead atoms. The van der Waals surface area contributed by atoms with Crippen molar-refractivity contribution in [2.45, 2.75) is 25.7 Å². The van der Waals surface area contributed by atoms with Crippen molar-refractivity contribution in [2.24, 2.45) is 7.05 Å². The van der Waals surface area contributed by atoms with E-state index in [1.807, 2.05) is 41.0 Å². The molecule has 1 amide bonds. The highest BCUT2D eigenvalue weighted by Crippen LogP contribution is 2.18. The Labute approximate surface area is 118 Å². The lowest BCUT2D eigenvalue weighted by Gasteiger charge is -2.20. The number of rotatable bonds is 2. The van der Waals surface area contributed by atoms with Gasteiger partial charge < -0.3 is 9.47 Å². The summed E-state index contributed by atoms with van der Waals surface area (Å²) in [5.74, 6) is 0.938. The van der Waals surface area contributed by atoms with Crippen LogP contribution >= 0.6 is 0 Å². The third-order valence-corrected chi connectivity index (χ3v) is 3.88. The SMILES string of the molecule is Cn1ncc(C(=O)N2CCCCCC2)c1-n1cccc1. The lowest BCUT2D eigenvalue weighted by Crippen LogP contribution is -2.32. The Morgan fingerprint density at radius 2 is 1.75 bits per heavy atom. The van der Waals surface area contributed by atoms with E-state index >= 15 is 0 Å². The Kier molecular flexibility index (Phi) is 3.58. The summed E-state index contributed by atoms with van der Waals surface area (Å²) in [4.78, 5) is 14.7. The van der Waals surface area contributed by atoms with Gasteiger partial charge in [0.1, 0.15) is 11.4 Å². The molecule has 5 heteroatoms. The topological polar surface area (TPSA) is 43.1 Å². The molecule has 0 atom stereocenters. The van der Waals surface area contributed by atoms with Gasteiger partial charge in [0.15, 0.2) is 0 Å². The molecule has 0 saturated carbocycles. The minimum absolute atomic E-state index is 0.101. The summed E-state index contributed by atoms with van der Waals surface area (Å²) in [6.07, 6.45) is 10.2. The molecule has 3 rings (SSSR count). The fourth-order valence-electron chi connectivity index (χ4n) is 2.81. The number of aromatic nitrogens is 3. The molecular weight excluding hydrogens is 252 g/mol. The van der Waals surface area contributed by atoms with Crippen LogP contribution in [0.25, 0.3) is 5.82 Å². The van der Waals surface area contributed by atoms with Crippen molar-refractivity contribution in [2.75, 3.05) is 13.1 Å². The van der Waals surface area contributed by atoms with E-state index in [-0.39, 0.29) is 5.91 Å². The first-order chi connectivity index (χ1) is 9.77. The number of hydrogen-bond donors (Lipinski definition) is 0. The smallest absolute Gasteiger partial charge is 0.259 e. The minimum atomic E-state index is 0.101. The van der Waals surface area contributed by atoms with Gasteiger partial charge in [-0.05, 0) is 25.0 Å². The third-order valence-electron chi connectivity index (χ3n) is 3.88. The van der Waals surface area contributed by atoms with Crippen LogP contribution in [0.3, 0.4) is 0 Å². The number of nitrogens with zero attached hydrogens (tertiary/aromatic N) is 4. The van der Waals surface area contributed by atoms with Crippen molar-refractivity contribution < 1.29 is 4.79 Å². The number of likely N-dealkylation sites (tertiary alicyclic amines) is 1. The molecule has 0 aromatic carbocycles. The Balaban J connectivity index is 1.92. The van der Waals surface area contributed by atoms with Gasteiger partial charge in [-0.25, -0.2) is 0 Å². The zero-order valence-electron chi connectivity index (χ0n) is 11.8. The average molecular weight is 272 g/mol. The molecule has 1 saturated heterocycles. The van der Waals surface area contributed by atoms with Crippen molar-refractivity contribution in [1.82, 2.24) is 19.2 Å². The van der Waals surface area contributed by atoms with Gasteiger partial charge in [0.05, 0.1) is 6.20 Å². The normalized spacial score (nSPS) is 16.1. The van der Waals surface area contributed by atoms with Gasteiger partial charge in [0.2, 0.25) is 0 Å². The number of hydrogen-bond acceptors (Lipinski definition) is 2. The zero-order chi connectivity index (χ0) is 13.9. The van der Waals surface area contributed by atoms with Crippen LogP contribution in [-0.2, 0) is 7.05 Å². The second-order valence-corrected chi connectivity index (χ2v) is 5.30. The van der Waals surface area contributed by atoms with Gasteiger partial charge in [0, 0.05) is 32.5 Å². The van der Waals surface area contributed by atoms with Gasteiger partial charge in [-0.1, -0.05) is 12.8 Å². The van der Waals surface area contributed by atoms with E-state index in [0.29, 0.717) is 5.56 Å². The molecule has 1 fully saturated rings. The van der Waals surface area contributed by atoms with Crippen LogP contribution < -0.4 is 0 Å². The second-order valence-electron chi connectivity index (χ2n) is 5.30. The van der Waals surface area contributed by atoms with E-state index in [9.17, 15) is 4.79 Å². The molecule has 0 aliphatic carbocycles. The first-order valence-corrected chi connectivity index (χ1v) is 7.22. The summed E-state index contributed by atoms with van der Waals surface area (Å²) >= 11 is 0. The number of carbonyl (C=O) groups is 1. The monoisotopic (exact) mass is 272 g/mol. The maximum Gasteiger partial charge on any atom is 0.259 e. The Morgan fingerprint density at radius 1 is 1.10 bits per heavy atom. The van der Waals surface area contributed by atoms with Crippen LogP contribution in [0.15, 0.2) is 30.7 Å². The predicted octanol–water partition coefficient (Wildman–Crippen LogP) is 2.23. The van der Waals surface area contributed by atoms with Gasteiger partial charge in [-0.2, -0.15) is 5.10 Å². The van der Waals surface area contributed by atoms with Gasteiger partial charge >= 0.3 is 0 Å². The van der Waals surface area contributed by atoms with Gasteiger partial charge in [-0.15, -0.1) is 0 Å². The predicted molar refractivity (Wildman–Crippen MR) is 76.9 cm³/mol. The number of carbonyl (C=O) groups excluding carboxylic acids is 1. The van der Waals surface area contributed by atoms with Crippen LogP contribution in [0.2, 0.25) is 0 Å². The summed E-state index contributed by atoms with van der Waals surface area (Å²) in [6.45, 7) is 1.72. The highest BCUT2D eigenvalue weighted by molar-refractivity contribution is 5.97. The molecule has 1 aliphatic rings. The minimum Gasteiger partial charge on any atom is -0.338 e. The van der Waals surface area contributed by atoms with E-state index in [1.165, 1.54) is 12.8 Å². The molecule has 0 unspecified atom stereocenters. The highest BCUT2D eigenvalue weighted by atomic mass is 16.2. The number of amides is 1. The van der Waals surface area contributed by atoms with Crippen LogP contribution in [0, 0.1) is 0 Å². The van der Waals surface area contributed by atoms with E-state index in [4.69, 9.17) is 0 Å². The van der Waals surface area contributed by atoms with Crippen molar-refractivity contribution in [3.63, 3.8) is 0 Å². The average Bonchev–Trinajstić information content (AvgIpc) is 3.00. The van der Waals surface area contributed by atoms with Gasteiger partial charge in [-0.3, -0.25) is 9.48 Å². The van der Waals surface area contributed by atoms with Crippen molar-refractivity contribution in [3.05, 3.63) is 36.3 Å². The van der Waals surface area contributed by atoms with E-state index < -0.39 is 0 Å². The molecular formula is C15H20N4O. The first kappa shape index (κ1) is 13.0. The molecule has 5 nitrogen and oxygen atoms in total. The molecule has 20 heavy (non-hydrogen) atoms.